The second kappa shape index (κ2) is 6.08. The maximum atomic E-state index is 5.93. The van der Waals surface area contributed by atoms with Crippen LogP contribution < -0.4 is 5.32 Å². The summed E-state index contributed by atoms with van der Waals surface area (Å²) < 4.78 is 5.93. The first-order valence-corrected chi connectivity index (χ1v) is 7.72. The van der Waals surface area contributed by atoms with E-state index in [2.05, 4.69) is 33.0 Å². The number of nitrogens with zero attached hydrogens (tertiary/aromatic N) is 2. The molecule has 0 saturated carbocycles. The Bertz CT molecular complexity index is 466. The van der Waals surface area contributed by atoms with Crippen molar-refractivity contribution < 1.29 is 4.74 Å². The van der Waals surface area contributed by atoms with Crippen molar-refractivity contribution in [3.05, 3.63) is 17.1 Å². The quantitative estimate of drug-likeness (QED) is 0.894. The molecule has 1 atom stereocenters. The molecule has 2 rings (SSSR count). The van der Waals surface area contributed by atoms with Crippen LogP contribution in [0.4, 0.5) is 5.82 Å². The Hall–Kier alpha value is -1.16. The molecule has 0 aromatic carbocycles. The SMILES string of the molecule is CCNc1nc(C(OCC)C(C)(C)C)nc2c1CCC2. The number of anilines is 1. The third-order valence-corrected chi connectivity index (χ3v) is 3.65. The molecule has 0 saturated heterocycles. The van der Waals surface area contributed by atoms with Crippen LogP contribution in [0.3, 0.4) is 0 Å². The van der Waals surface area contributed by atoms with Crippen molar-refractivity contribution in [2.24, 2.45) is 5.41 Å². The van der Waals surface area contributed by atoms with Crippen LogP contribution in [-0.4, -0.2) is 23.1 Å². The lowest BCUT2D eigenvalue weighted by molar-refractivity contribution is -0.0191. The summed E-state index contributed by atoms with van der Waals surface area (Å²) in [5.41, 5.74) is 2.51. The summed E-state index contributed by atoms with van der Waals surface area (Å²) in [4.78, 5) is 9.58. The molecule has 20 heavy (non-hydrogen) atoms. The summed E-state index contributed by atoms with van der Waals surface area (Å²) in [6.07, 6.45) is 3.27. The van der Waals surface area contributed by atoms with Crippen LogP contribution in [0.5, 0.6) is 0 Å². The van der Waals surface area contributed by atoms with Crippen molar-refractivity contribution >= 4 is 5.82 Å². The largest absolute Gasteiger partial charge is 0.370 e. The molecule has 0 bridgehead atoms. The van der Waals surface area contributed by atoms with Crippen LogP contribution in [0, 0.1) is 5.41 Å². The first kappa shape index (κ1) is 15.2. The molecule has 1 aromatic rings. The summed E-state index contributed by atoms with van der Waals surface area (Å²) in [6, 6.07) is 0. The standard InChI is InChI=1S/C16H27N3O/c1-6-17-14-11-9-8-10-12(11)18-15(19-14)13(20-7-2)16(3,4)5/h13H,6-10H2,1-5H3,(H,17,18,19). The lowest BCUT2D eigenvalue weighted by atomic mass is 9.88. The Morgan fingerprint density at radius 1 is 1.20 bits per heavy atom. The second-order valence-electron chi connectivity index (χ2n) is 6.44. The van der Waals surface area contributed by atoms with Crippen LogP contribution in [0.15, 0.2) is 0 Å². The van der Waals surface area contributed by atoms with Gasteiger partial charge in [0.05, 0.1) is 0 Å². The highest BCUT2D eigenvalue weighted by molar-refractivity contribution is 5.49. The van der Waals surface area contributed by atoms with Gasteiger partial charge in [-0.05, 0) is 38.5 Å². The molecule has 1 N–H and O–H groups in total. The minimum absolute atomic E-state index is 0.00760. The summed E-state index contributed by atoms with van der Waals surface area (Å²) in [6.45, 7) is 12.2. The Balaban J connectivity index is 2.42. The van der Waals surface area contributed by atoms with Gasteiger partial charge in [0, 0.05) is 24.4 Å². The van der Waals surface area contributed by atoms with Gasteiger partial charge in [-0.1, -0.05) is 20.8 Å². The zero-order valence-electron chi connectivity index (χ0n) is 13.4. The Labute approximate surface area is 122 Å². The highest BCUT2D eigenvalue weighted by Crippen LogP contribution is 2.36. The van der Waals surface area contributed by atoms with Gasteiger partial charge in [0.2, 0.25) is 0 Å². The number of aromatic nitrogens is 2. The van der Waals surface area contributed by atoms with E-state index in [1.54, 1.807) is 0 Å². The number of aryl methyl sites for hydroxylation is 1. The van der Waals surface area contributed by atoms with Crippen LogP contribution in [0.25, 0.3) is 0 Å². The van der Waals surface area contributed by atoms with Crippen molar-refractivity contribution in [3.8, 4) is 0 Å². The fourth-order valence-electron chi connectivity index (χ4n) is 2.76. The molecular weight excluding hydrogens is 250 g/mol. The average Bonchev–Trinajstić information content (AvgIpc) is 2.83. The molecule has 1 aliphatic carbocycles. The zero-order valence-corrected chi connectivity index (χ0v) is 13.4. The van der Waals surface area contributed by atoms with Gasteiger partial charge in [0.25, 0.3) is 0 Å². The second-order valence-corrected chi connectivity index (χ2v) is 6.44. The maximum absolute atomic E-state index is 5.93. The first-order valence-electron chi connectivity index (χ1n) is 7.72. The number of hydrogen-bond acceptors (Lipinski definition) is 4. The van der Waals surface area contributed by atoms with Gasteiger partial charge in [-0.2, -0.15) is 0 Å². The van der Waals surface area contributed by atoms with E-state index in [9.17, 15) is 0 Å². The van der Waals surface area contributed by atoms with Crippen molar-refractivity contribution in [1.82, 2.24) is 9.97 Å². The van der Waals surface area contributed by atoms with Gasteiger partial charge in [-0.25, -0.2) is 9.97 Å². The predicted molar refractivity (Wildman–Crippen MR) is 82.0 cm³/mol. The van der Waals surface area contributed by atoms with Crippen LogP contribution >= 0.6 is 0 Å². The van der Waals surface area contributed by atoms with Gasteiger partial charge >= 0.3 is 0 Å². The zero-order chi connectivity index (χ0) is 14.8. The minimum Gasteiger partial charge on any atom is -0.370 e. The summed E-state index contributed by atoms with van der Waals surface area (Å²) in [5.74, 6) is 1.84. The molecule has 0 fully saturated rings. The predicted octanol–water partition coefficient (Wildman–Crippen LogP) is 3.52. The highest BCUT2D eigenvalue weighted by atomic mass is 16.5. The number of nitrogens with one attached hydrogen (secondary N) is 1. The lowest BCUT2D eigenvalue weighted by Gasteiger charge is -2.29. The van der Waals surface area contributed by atoms with E-state index in [1.807, 2.05) is 6.92 Å². The van der Waals surface area contributed by atoms with Gasteiger partial charge in [-0.15, -0.1) is 0 Å². The monoisotopic (exact) mass is 277 g/mol. The van der Waals surface area contributed by atoms with Crippen molar-refractivity contribution in [1.29, 1.82) is 0 Å². The number of rotatable bonds is 5. The fraction of sp³-hybridized carbons (Fsp3) is 0.750. The molecule has 1 unspecified atom stereocenters. The Kier molecular flexibility index (Phi) is 4.63. The molecular formula is C16H27N3O. The minimum atomic E-state index is -0.0594. The van der Waals surface area contributed by atoms with E-state index in [0.717, 1.165) is 31.0 Å². The normalized spacial score (nSPS) is 16.1. The van der Waals surface area contributed by atoms with Gasteiger partial charge < -0.3 is 10.1 Å². The topological polar surface area (TPSA) is 47.0 Å². The van der Waals surface area contributed by atoms with Gasteiger partial charge in [0.1, 0.15) is 11.9 Å². The molecule has 112 valence electrons. The highest BCUT2D eigenvalue weighted by Gasteiger charge is 2.31. The van der Waals surface area contributed by atoms with Crippen molar-refractivity contribution in [3.63, 3.8) is 0 Å². The molecule has 0 amide bonds. The van der Waals surface area contributed by atoms with Gasteiger partial charge in [0.15, 0.2) is 5.82 Å². The number of hydrogen-bond donors (Lipinski definition) is 1. The molecule has 4 heteroatoms. The van der Waals surface area contributed by atoms with E-state index in [4.69, 9.17) is 14.7 Å². The van der Waals surface area contributed by atoms with E-state index in [-0.39, 0.29) is 11.5 Å². The Morgan fingerprint density at radius 2 is 1.95 bits per heavy atom. The molecule has 4 nitrogen and oxygen atoms in total. The van der Waals surface area contributed by atoms with Crippen molar-refractivity contribution in [2.75, 3.05) is 18.5 Å². The number of ether oxygens (including phenoxy) is 1. The lowest BCUT2D eigenvalue weighted by Crippen LogP contribution is -2.24. The van der Waals surface area contributed by atoms with Crippen LogP contribution in [-0.2, 0) is 17.6 Å². The maximum Gasteiger partial charge on any atom is 0.160 e. The van der Waals surface area contributed by atoms with E-state index >= 15 is 0 Å². The third-order valence-electron chi connectivity index (χ3n) is 3.65. The van der Waals surface area contributed by atoms with Gasteiger partial charge in [-0.3, -0.25) is 0 Å². The number of fused-ring (bicyclic) bond motifs is 1. The molecule has 1 aliphatic rings. The first-order chi connectivity index (χ1) is 9.47. The summed E-state index contributed by atoms with van der Waals surface area (Å²) >= 11 is 0. The molecule has 0 aliphatic heterocycles. The summed E-state index contributed by atoms with van der Waals surface area (Å²) in [5, 5.41) is 3.39. The summed E-state index contributed by atoms with van der Waals surface area (Å²) in [7, 11) is 0. The fourth-order valence-corrected chi connectivity index (χ4v) is 2.76. The molecule has 0 spiro atoms. The van der Waals surface area contributed by atoms with E-state index in [1.165, 1.54) is 17.7 Å². The third kappa shape index (κ3) is 3.11. The molecule has 1 aromatic heterocycles. The molecule has 1 heterocycles. The Morgan fingerprint density at radius 3 is 2.55 bits per heavy atom. The van der Waals surface area contributed by atoms with E-state index < -0.39 is 0 Å². The smallest absolute Gasteiger partial charge is 0.160 e. The van der Waals surface area contributed by atoms with Crippen LogP contribution in [0.2, 0.25) is 0 Å². The van der Waals surface area contributed by atoms with Crippen LogP contribution in [0.1, 0.15) is 64.2 Å². The average molecular weight is 277 g/mol. The molecule has 0 radical (unpaired) electrons. The van der Waals surface area contributed by atoms with E-state index in [0.29, 0.717) is 6.61 Å². The van der Waals surface area contributed by atoms with Crippen molar-refractivity contribution in [2.45, 2.75) is 60.0 Å².